The van der Waals surface area contributed by atoms with Crippen LogP contribution in [0.3, 0.4) is 0 Å². The zero-order valence-electron chi connectivity index (χ0n) is 12.1. The molecule has 1 unspecified atom stereocenters. The summed E-state index contributed by atoms with van der Waals surface area (Å²) in [7, 11) is 1.39. The zero-order chi connectivity index (χ0) is 15.9. The summed E-state index contributed by atoms with van der Waals surface area (Å²) in [5, 5.41) is 5.91. The summed E-state index contributed by atoms with van der Waals surface area (Å²) in [5.74, 6) is 1.75. The number of alkyl halides is 2. The maximum atomic E-state index is 12.4. The van der Waals surface area contributed by atoms with Gasteiger partial charge >= 0.3 is 6.61 Å². The summed E-state index contributed by atoms with van der Waals surface area (Å²) in [6.07, 6.45) is 0.523. The Morgan fingerprint density at radius 3 is 2.95 bits per heavy atom. The number of hydrogen-bond acceptors (Lipinski definition) is 5. The second kappa shape index (κ2) is 8.19. The van der Waals surface area contributed by atoms with Gasteiger partial charge in [-0.1, -0.05) is 6.07 Å². The lowest BCUT2D eigenvalue weighted by molar-refractivity contribution is -0.122. The van der Waals surface area contributed by atoms with Crippen LogP contribution in [-0.2, 0) is 11.2 Å². The van der Waals surface area contributed by atoms with Gasteiger partial charge in [-0.15, -0.1) is 11.8 Å². The van der Waals surface area contributed by atoms with Gasteiger partial charge in [-0.3, -0.25) is 10.1 Å². The number of nitrogens with one attached hydrogen (secondary N) is 2. The Morgan fingerprint density at radius 2 is 2.32 bits per heavy atom. The number of ether oxygens (including phenoxy) is 2. The third-order valence-corrected chi connectivity index (χ3v) is 4.13. The molecule has 1 aliphatic heterocycles. The molecule has 1 atom stereocenters. The van der Waals surface area contributed by atoms with Gasteiger partial charge in [0.2, 0.25) is 5.91 Å². The molecule has 8 heteroatoms. The lowest BCUT2D eigenvalue weighted by atomic mass is 10.1. The molecule has 2 rings (SSSR count). The van der Waals surface area contributed by atoms with Crippen molar-refractivity contribution in [2.24, 2.45) is 0 Å². The van der Waals surface area contributed by atoms with E-state index in [1.165, 1.54) is 13.2 Å². The van der Waals surface area contributed by atoms with Crippen molar-refractivity contribution >= 4 is 17.7 Å². The van der Waals surface area contributed by atoms with Gasteiger partial charge in [0.05, 0.1) is 13.2 Å². The van der Waals surface area contributed by atoms with Gasteiger partial charge in [-0.25, -0.2) is 0 Å². The molecule has 22 heavy (non-hydrogen) atoms. The molecule has 5 nitrogen and oxygen atoms in total. The topological polar surface area (TPSA) is 59.6 Å². The Bertz CT molecular complexity index is 511. The number of rotatable bonds is 7. The summed E-state index contributed by atoms with van der Waals surface area (Å²) in [6, 6.07) is 4.68. The van der Waals surface area contributed by atoms with Crippen LogP contribution < -0.4 is 20.1 Å². The van der Waals surface area contributed by atoms with E-state index in [1.54, 1.807) is 23.9 Å². The monoisotopic (exact) mass is 332 g/mol. The van der Waals surface area contributed by atoms with E-state index < -0.39 is 6.61 Å². The minimum atomic E-state index is -2.91. The second-order valence-corrected chi connectivity index (χ2v) is 5.71. The summed E-state index contributed by atoms with van der Waals surface area (Å²) in [5.41, 5.74) is 0.783. The molecular weight excluding hydrogens is 314 g/mol. The number of benzene rings is 1. The predicted molar refractivity (Wildman–Crippen MR) is 80.6 cm³/mol. The fourth-order valence-corrected chi connectivity index (χ4v) is 3.02. The number of amides is 1. The second-order valence-electron chi connectivity index (χ2n) is 4.68. The average molecular weight is 332 g/mol. The van der Waals surface area contributed by atoms with Crippen LogP contribution in [-0.4, -0.2) is 43.8 Å². The highest BCUT2D eigenvalue weighted by Crippen LogP contribution is 2.29. The first-order valence-corrected chi connectivity index (χ1v) is 7.96. The Morgan fingerprint density at radius 1 is 1.50 bits per heavy atom. The Hall–Kier alpha value is -1.54. The maximum Gasteiger partial charge on any atom is 0.387 e. The van der Waals surface area contributed by atoms with E-state index in [0.717, 1.165) is 17.2 Å². The third-order valence-electron chi connectivity index (χ3n) is 3.19. The van der Waals surface area contributed by atoms with Crippen molar-refractivity contribution in [3.8, 4) is 11.5 Å². The number of hydrogen-bond donors (Lipinski definition) is 2. The van der Waals surface area contributed by atoms with E-state index in [4.69, 9.17) is 4.74 Å². The minimum Gasteiger partial charge on any atom is -0.493 e. The molecule has 1 aromatic carbocycles. The fraction of sp³-hybridized carbons (Fsp3) is 0.500. The van der Waals surface area contributed by atoms with Crippen LogP contribution in [0.1, 0.15) is 5.56 Å². The van der Waals surface area contributed by atoms with Crippen LogP contribution in [0.4, 0.5) is 8.78 Å². The van der Waals surface area contributed by atoms with Crippen molar-refractivity contribution in [3.63, 3.8) is 0 Å². The minimum absolute atomic E-state index is 0.00446. The molecule has 0 spiro atoms. The number of carbonyl (C=O) groups is 1. The number of thioether (sulfide) groups is 1. The van der Waals surface area contributed by atoms with Crippen LogP contribution in [0.5, 0.6) is 11.5 Å². The molecule has 1 aromatic rings. The van der Waals surface area contributed by atoms with E-state index >= 15 is 0 Å². The highest BCUT2D eigenvalue weighted by molar-refractivity contribution is 7.99. The van der Waals surface area contributed by atoms with Crippen molar-refractivity contribution in [1.29, 1.82) is 0 Å². The van der Waals surface area contributed by atoms with E-state index in [0.29, 0.717) is 13.0 Å². The SMILES string of the molecule is COc1ccc(CCNC(=O)C2CSCN2)cc1OC(F)F. The molecule has 0 aliphatic carbocycles. The Balaban J connectivity index is 1.87. The Labute approximate surface area is 131 Å². The lowest BCUT2D eigenvalue weighted by Crippen LogP contribution is -2.42. The molecule has 1 amide bonds. The largest absolute Gasteiger partial charge is 0.493 e. The smallest absolute Gasteiger partial charge is 0.387 e. The summed E-state index contributed by atoms with van der Waals surface area (Å²) >= 11 is 1.68. The van der Waals surface area contributed by atoms with Crippen molar-refractivity contribution in [3.05, 3.63) is 23.8 Å². The standard InChI is InChI=1S/C14H18F2N2O3S/c1-20-11-3-2-9(6-12(11)21-14(15)16)4-5-17-13(19)10-7-22-8-18-10/h2-3,6,10,14,18H,4-5,7-8H2,1H3,(H,17,19). The molecule has 1 saturated heterocycles. The average Bonchev–Trinajstić information content (AvgIpc) is 3.01. The molecule has 2 N–H and O–H groups in total. The van der Waals surface area contributed by atoms with E-state index in [-0.39, 0.29) is 23.4 Å². The van der Waals surface area contributed by atoms with Gasteiger partial charge in [-0.2, -0.15) is 8.78 Å². The van der Waals surface area contributed by atoms with E-state index in [9.17, 15) is 13.6 Å². The first kappa shape index (κ1) is 16.8. The van der Waals surface area contributed by atoms with Crippen molar-refractivity contribution in [2.45, 2.75) is 19.1 Å². The first-order chi connectivity index (χ1) is 10.6. The van der Waals surface area contributed by atoms with Gasteiger partial charge in [0.15, 0.2) is 11.5 Å². The highest BCUT2D eigenvalue weighted by Gasteiger charge is 2.21. The molecule has 1 aliphatic rings. The summed E-state index contributed by atoms with van der Waals surface area (Å²) in [4.78, 5) is 11.8. The van der Waals surface area contributed by atoms with Crippen molar-refractivity contribution < 1.29 is 23.0 Å². The molecule has 1 fully saturated rings. The number of halogens is 2. The molecule has 0 bridgehead atoms. The molecule has 0 radical (unpaired) electrons. The van der Waals surface area contributed by atoms with Gasteiger partial charge in [-0.05, 0) is 24.1 Å². The van der Waals surface area contributed by atoms with E-state index in [2.05, 4.69) is 15.4 Å². The lowest BCUT2D eigenvalue weighted by Gasteiger charge is -2.13. The highest BCUT2D eigenvalue weighted by atomic mass is 32.2. The van der Waals surface area contributed by atoms with Crippen molar-refractivity contribution in [1.82, 2.24) is 10.6 Å². The molecule has 122 valence electrons. The molecular formula is C14H18F2N2O3S. The Kier molecular flexibility index (Phi) is 6.26. The van der Waals surface area contributed by atoms with Crippen LogP contribution in [0.25, 0.3) is 0 Å². The summed E-state index contributed by atoms with van der Waals surface area (Å²) in [6.45, 7) is -2.47. The molecule has 0 aromatic heterocycles. The molecule has 0 saturated carbocycles. The van der Waals surface area contributed by atoms with Gasteiger partial charge in [0, 0.05) is 18.2 Å². The predicted octanol–water partition coefficient (Wildman–Crippen LogP) is 1.62. The van der Waals surface area contributed by atoms with Crippen LogP contribution >= 0.6 is 11.8 Å². The normalized spacial score (nSPS) is 17.5. The summed E-state index contributed by atoms with van der Waals surface area (Å²) < 4.78 is 34.1. The zero-order valence-corrected chi connectivity index (χ0v) is 12.9. The van der Waals surface area contributed by atoms with Gasteiger partial charge < -0.3 is 14.8 Å². The van der Waals surface area contributed by atoms with Crippen molar-refractivity contribution in [2.75, 3.05) is 25.3 Å². The number of carbonyl (C=O) groups excluding carboxylic acids is 1. The first-order valence-electron chi connectivity index (χ1n) is 6.80. The molecule has 1 heterocycles. The third kappa shape index (κ3) is 4.74. The van der Waals surface area contributed by atoms with Gasteiger partial charge in [0.1, 0.15) is 0 Å². The fourth-order valence-electron chi connectivity index (χ4n) is 2.08. The van der Waals surface area contributed by atoms with Crippen LogP contribution in [0.2, 0.25) is 0 Å². The quantitative estimate of drug-likeness (QED) is 0.795. The van der Waals surface area contributed by atoms with Crippen LogP contribution in [0, 0.1) is 0 Å². The van der Waals surface area contributed by atoms with E-state index in [1.807, 2.05) is 0 Å². The van der Waals surface area contributed by atoms with Gasteiger partial charge in [0.25, 0.3) is 0 Å². The number of methoxy groups -OCH3 is 1. The van der Waals surface area contributed by atoms with Crippen LogP contribution in [0.15, 0.2) is 18.2 Å². The maximum absolute atomic E-state index is 12.4.